The first-order valence-corrected chi connectivity index (χ1v) is 9.65. The molecule has 29 heavy (non-hydrogen) atoms. The molecule has 0 saturated carbocycles. The van der Waals surface area contributed by atoms with Crippen LogP contribution in [0.2, 0.25) is 5.02 Å². The first-order valence-electron chi connectivity index (χ1n) is 7.83. The molecule has 2 rings (SSSR count). The first-order chi connectivity index (χ1) is 13.1. The highest BCUT2D eigenvalue weighted by Crippen LogP contribution is 2.38. The molecule has 13 heteroatoms. The van der Waals surface area contributed by atoms with Crippen molar-refractivity contribution in [2.24, 2.45) is 12.8 Å². The van der Waals surface area contributed by atoms with E-state index in [-0.39, 0.29) is 15.7 Å². The SMILES string of the molecule is Cc1c(S(=O)(=O)N(c2ccc(F)c(Cl)c2F)[C@H](C)C(F)(F)F)cc(C(N)=O)n1C. The Bertz CT molecular complexity index is 1080. The number of hydrogen-bond donors (Lipinski definition) is 1. The predicted molar refractivity (Wildman–Crippen MR) is 95.2 cm³/mol. The number of aromatic nitrogens is 1. The van der Waals surface area contributed by atoms with Crippen molar-refractivity contribution in [2.75, 3.05) is 4.31 Å². The maximum Gasteiger partial charge on any atom is 0.409 e. The molecule has 2 aromatic rings. The van der Waals surface area contributed by atoms with Crippen LogP contribution in [0.1, 0.15) is 23.1 Å². The monoisotopic (exact) mass is 459 g/mol. The van der Waals surface area contributed by atoms with Crippen molar-refractivity contribution in [2.45, 2.75) is 31.0 Å². The summed E-state index contributed by atoms with van der Waals surface area (Å²) in [6, 6.07) is -0.894. The molecule has 0 saturated heterocycles. The molecule has 1 aromatic heterocycles. The molecule has 2 N–H and O–H groups in total. The number of sulfonamides is 1. The van der Waals surface area contributed by atoms with Crippen molar-refractivity contribution < 1.29 is 35.2 Å². The summed E-state index contributed by atoms with van der Waals surface area (Å²) in [5.74, 6) is -3.99. The minimum atomic E-state index is -5.12. The fourth-order valence-electron chi connectivity index (χ4n) is 2.64. The van der Waals surface area contributed by atoms with E-state index in [1.54, 1.807) is 0 Å². The number of anilines is 1. The highest BCUT2D eigenvalue weighted by Gasteiger charge is 2.47. The lowest BCUT2D eigenvalue weighted by Crippen LogP contribution is -2.47. The molecule has 0 aliphatic heterocycles. The van der Waals surface area contributed by atoms with Crippen LogP contribution >= 0.6 is 11.6 Å². The van der Waals surface area contributed by atoms with Crippen molar-refractivity contribution in [1.82, 2.24) is 4.57 Å². The summed E-state index contributed by atoms with van der Waals surface area (Å²) in [5, 5.41) is -1.17. The van der Waals surface area contributed by atoms with Crippen LogP contribution in [0.5, 0.6) is 0 Å². The van der Waals surface area contributed by atoms with Gasteiger partial charge in [0.1, 0.15) is 27.5 Å². The lowest BCUT2D eigenvalue weighted by Gasteiger charge is -2.32. The maximum absolute atomic E-state index is 14.5. The quantitative estimate of drug-likeness (QED) is 0.548. The molecule has 0 fully saturated rings. The summed E-state index contributed by atoms with van der Waals surface area (Å²) >= 11 is 5.43. The van der Waals surface area contributed by atoms with E-state index in [2.05, 4.69) is 0 Å². The van der Waals surface area contributed by atoms with Crippen molar-refractivity contribution in [3.8, 4) is 0 Å². The number of hydrogen-bond acceptors (Lipinski definition) is 3. The third-order valence-electron chi connectivity index (χ3n) is 4.36. The third kappa shape index (κ3) is 3.90. The van der Waals surface area contributed by atoms with E-state index >= 15 is 0 Å². The van der Waals surface area contributed by atoms with Crippen LogP contribution in [0.25, 0.3) is 0 Å². The number of nitrogens with zero attached hydrogens (tertiary/aromatic N) is 2. The summed E-state index contributed by atoms with van der Waals surface area (Å²) in [7, 11) is -3.81. The second kappa shape index (κ2) is 7.48. The molecule has 0 bridgehead atoms. The topological polar surface area (TPSA) is 85.4 Å². The Hall–Kier alpha value is -2.34. The van der Waals surface area contributed by atoms with Crippen LogP contribution in [0, 0.1) is 18.6 Å². The molecular weight excluding hydrogens is 445 g/mol. The highest BCUT2D eigenvalue weighted by molar-refractivity contribution is 7.93. The van der Waals surface area contributed by atoms with Gasteiger partial charge in [-0.1, -0.05) is 11.6 Å². The molecule has 0 radical (unpaired) electrons. The van der Waals surface area contributed by atoms with Crippen molar-refractivity contribution in [3.05, 3.63) is 46.2 Å². The number of rotatable bonds is 5. The molecule has 0 aliphatic rings. The molecule has 0 spiro atoms. The van der Waals surface area contributed by atoms with Crippen LogP contribution in [0.15, 0.2) is 23.1 Å². The number of carbonyl (C=O) groups excluding carboxylic acids is 1. The fourth-order valence-corrected chi connectivity index (χ4v) is 4.72. The van der Waals surface area contributed by atoms with Gasteiger partial charge in [-0.3, -0.25) is 9.10 Å². The van der Waals surface area contributed by atoms with E-state index in [0.717, 1.165) is 10.6 Å². The minimum absolute atomic E-state index is 0.119. The largest absolute Gasteiger partial charge is 0.409 e. The van der Waals surface area contributed by atoms with Gasteiger partial charge in [-0.15, -0.1) is 0 Å². The Morgan fingerprint density at radius 2 is 1.83 bits per heavy atom. The summed E-state index contributed by atoms with van der Waals surface area (Å²) in [5.41, 5.74) is 3.63. The number of nitrogens with two attached hydrogens (primary N) is 1. The second-order valence-electron chi connectivity index (χ2n) is 6.12. The molecular formula is C16H15ClF5N3O3S. The van der Waals surface area contributed by atoms with Crippen LogP contribution in [0.3, 0.4) is 0 Å². The number of carbonyl (C=O) groups is 1. The normalized spacial score (nSPS) is 13.4. The van der Waals surface area contributed by atoms with Gasteiger partial charge in [-0.05, 0) is 32.0 Å². The summed E-state index contributed by atoms with van der Waals surface area (Å²) in [6.07, 6.45) is -5.12. The summed E-state index contributed by atoms with van der Waals surface area (Å²) < 4.78 is 95.4. The number of primary amides is 1. The Morgan fingerprint density at radius 3 is 2.28 bits per heavy atom. The summed E-state index contributed by atoms with van der Waals surface area (Å²) in [6.45, 7) is 1.71. The Labute approximate surface area is 167 Å². The molecule has 0 aliphatic carbocycles. The van der Waals surface area contributed by atoms with Gasteiger partial charge in [-0.25, -0.2) is 17.2 Å². The van der Waals surface area contributed by atoms with Gasteiger partial charge in [0.05, 0.1) is 5.69 Å². The average molecular weight is 460 g/mol. The van der Waals surface area contributed by atoms with Crippen LogP contribution in [-0.4, -0.2) is 31.1 Å². The van der Waals surface area contributed by atoms with Gasteiger partial charge in [-0.2, -0.15) is 13.2 Å². The van der Waals surface area contributed by atoms with Crippen LogP contribution in [0.4, 0.5) is 27.6 Å². The average Bonchev–Trinajstić information content (AvgIpc) is 2.90. The minimum Gasteiger partial charge on any atom is -0.364 e. The van der Waals surface area contributed by atoms with Crippen molar-refractivity contribution in [1.29, 1.82) is 0 Å². The van der Waals surface area contributed by atoms with Gasteiger partial charge < -0.3 is 10.3 Å². The van der Waals surface area contributed by atoms with Gasteiger partial charge in [0.25, 0.3) is 15.9 Å². The smallest absolute Gasteiger partial charge is 0.364 e. The van der Waals surface area contributed by atoms with E-state index in [4.69, 9.17) is 17.3 Å². The maximum atomic E-state index is 14.5. The molecule has 1 amide bonds. The van der Waals surface area contributed by atoms with E-state index in [1.165, 1.54) is 14.0 Å². The molecule has 0 unspecified atom stereocenters. The zero-order valence-corrected chi connectivity index (χ0v) is 16.8. The third-order valence-corrected chi connectivity index (χ3v) is 6.70. The molecule has 160 valence electrons. The number of alkyl halides is 3. The molecule has 1 atom stereocenters. The van der Waals surface area contributed by atoms with Crippen LogP contribution in [-0.2, 0) is 17.1 Å². The van der Waals surface area contributed by atoms with Gasteiger partial charge in [0.2, 0.25) is 0 Å². The van der Waals surface area contributed by atoms with Gasteiger partial charge in [0.15, 0.2) is 5.82 Å². The van der Waals surface area contributed by atoms with Crippen LogP contribution < -0.4 is 10.0 Å². The Morgan fingerprint density at radius 1 is 1.28 bits per heavy atom. The number of benzene rings is 1. The molecule has 6 nitrogen and oxygen atoms in total. The van der Waals surface area contributed by atoms with Gasteiger partial charge >= 0.3 is 6.18 Å². The molecule has 1 aromatic carbocycles. The fraction of sp³-hybridized carbons (Fsp3) is 0.312. The zero-order valence-electron chi connectivity index (χ0n) is 15.2. The Balaban J connectivity index is 2.85. The summed E-state index contributed by atoms with van der Waals surface area (Å²) in [4.78, 5) is 10.8. The van der Waals surface area contributed by atoms with Crippen molar-refractivity contribution >= 4 is 33.2 Å². The zero-order chi connectivity index (χ0) is 22.5. The lowest BCUT2D eigenvalue weighted by atomic mass is 10.2. The van der Waals surface area contributed by atoms with E-state index < -0.39 is 55.4 Å². The number of amides is 1. The lowest BCUT2D eigenvalue weighted by molar-refractivity contribution is -0.141. The standard InChI is InChI=1S/C16H15ClF5N3O3S/c1-7-12(6-11(15(23)26)24(7)3)29(27,28)25(8(2)16(20,21)22)10-5-4-9(18)13(17)14(10)19/h4-6,8H,1-3H3,(H2,23,26)/t8-/m1/s1. The van der Waals surface area contributed by atoms with E-state index in [9.17, 15) is 35.2 Å². The Kier molecular flexibility index (Phi) is 5.92. The van der Waals surface area contributed by atoms with Gasteiger partial charge in [0, 0.05) is 12.7 Å². The predicted octanol–water partition coefficient (Wildman–Crippen LogP) is 3.51. The highest BCUT2D eigenvalue weighted by atomic mass is 35.5. The first kappa shape index (κ1) is 22.9. The number of halogens is 6. The van der Waals surface area contributed by atoms with E-state index in [1.807, 2.05) is 0 Å². The second-order valence-corrected chi connectivity index (χ2v) is 8.28. The van der Waals surface area contributed by atoms with E-state index in [0.29, 0.717) is 19.1 Å². The van der Waals surface area contributed by atoms with Crippen molar-refractivity contribution in [3.63, 3.8) is 0 Å². The molecule has 1 heterocycles.